The van der Waals surface area contributed by atoms with Gasteiger partial charge in [0.2, 0.25) is 11.8 Å². The topological polar surface area (TPSA) is 120 Å². The molecule has 2 amide bonds. The van der Waals surface area contributed by atoms with Crippen LogP contribution in [0.25, 0.3) is 0 Å². The number of ketones is 1. The van der Waals surface area contributed by atoms with Crippen molar-refractivity contribution in [1.29, 1.82) is 0 Å². The van der Waals surface area contributed by atoms with Crippen LogP contribution in [0.15, 0.2) is 133 Å². The molecule has 10 heteroatoms. The van der Waals surface area contributed by atoms with Crippen LogP contribution >= 0.6 is 0 Å². The number of benzene rings is 5. The van der Waals surface area contributed by atoms with E-state index in [1.54, 1.807) is 24.3 Å². The van der Waals surface area contributed by atoms with E-state index in [-0.39, 0.29) is 48.8 Å². The molecule has 4 unspecified atom stereocenters. The van der Waals surface area contributed by atoms with Crippen molar-refractivity contribution in [2.45, 2.75) is 62.7 Å². The fourth-order valence-corrected chi connectivity index (χ4v) is 8.56. The molecule has 1 spiro atoms. The number of carbonyl (C=O) groups is 3. The Labute approximate surface area is 333 Å². The van der Waals surface area contributed by atoms with Crippen LogP contribution < -0.4 is 15.5 Å². The van der Waals surface area contributed by atoms with Crippen LogP contribution in [0.2, 0.25) is 0 Å². The normalized spacial score (nSPS) is 21.9. The van der Waals surface area contributed by atoms with Crippen molar-refractivity contribution in [1.82, 2.24) is 10.2 Å². The van der Waals surface area contributed by atoms with Gasteiger partial charge in [-0.25, -0.2) is 0 Å². The van der Waals surface area contributed by atoms with Gasteiger partial charge in [0.25, 0.3) is 0 Å². The fourth-order valence-electron chi connectivity index (χ4n) is 8.56. The lowest BCUT2D eigenvalue weighted by molar-refractivity contribution is -0.264. The average Bonchev–Trinajstić information content (AvgIpc) is 3.56. The van der Waals surface area contributed by atoms with Gasteiger partial charge in [-0.2, -0.15) is 0 Å². The van der Waals surface area contributed by atoms with Gasteiger partial charge in [-0.05, 0) is 66.3 Å². The second-order valence-electron chi connectivity index (χ2n) is 15.3. The van der Waals surface area contributed by atoms with Gasteiger partial charge < -0.3 is 35.0 Å². The highest BCUT2D eigenvalue weighted by Gasteiger charge is 2.51. The molecule has 4 atom stereocenters. The average molecular weight is 765 g/mol. The highest BCUT2D eigenvalue weighted by atomic mass is 16.7. The van der Waals surface area contributed by atoms with Crippen molar-refractivity contribution in [3.8, 4) is 0 Å². The van der Waals surface area contributed by atoms with E-state index < -0.39 is 11.8 Å². The maximum absolute atomic E-state index is 13.5. The summed E-state index contributed by atoms with van der Waals surface area (Å²) in [5.74, 6) is -0.312. The first-order valence-corrected chi connectivity index (χ1v) is 19.7. The van der Waals surface area contributed by atoms with E-state index in [1.165, 1.54) is 6.92 Å². The maximum atomic E-state index is 13.5. The Kier molecular flexibility index (Phi) is 11.3. The molecule has 3 N–H and O–H groups in total. The number of piperidine rings is 1. The number of Topliss-reactive ketones (excluding diaryl/α,β-unsaturated/α-hetero) is 1. The molecule has 0 bridgehead atoms. The molecule has 0 radical (unpaired) electrons. The molecule has 3 saturated heterocycles. The van der Waals surface area contributed by atoms with Crippen LogP contribution in [0.5, 0.6) is 0 Å². The summed E-state index contributed by atoms with van der Waals surface area (Å²) in [5, 5.41) is 15.8. The fraction of sp³-hybridized carbons (Fsp3) is 0.298. The van der Waals surface area contributed by atoms with E-state index in [2.05, 4.69) is 44.7 Å². The molecule has 8 rings (SSSR count). The van der Waals surface area contributed by atoms with E-state index in [0.717, 1.165) is 46.6 Å². The molecular weight excluding hydrogens is 717 g/mol. The number of carbonyl (C=O) groups excluding carboxylic acids is 3. The second-order valence-corrected chi connectivity index (χ2v) is 15.3. The molecule has 0 aliphatic carbocycles. The molecule has 3 aliphatic rings. The third-order valence-electron chi connectivity index (χ3n) is 11.7. The third kappa shape index (κ3) is 8.26. The van der Waals surface area contributed by atoms with Crippen molar-refractivity contribution in [2.75, 3.05) is 36.5 Å². The summed E-state index contributed by atoms with van der Waals surface area (Å²) in [6, 6.07) is 43.1. The molecule has 3 heterocycles. The van der Waals surface area contributed by atoms with Crippen LogP contribution in [-0.4, -0.2) is 65.5 Å². The first-order chi connectivity index (χ1) is 27.8. The number of nitrogens with one attached hydrogen (secondary N) is 2. The quantitative estimate of drug-likeness (QED) is 0.124. The Hall–Kier alpha value is -5.65. The van der Waals surface area contributed by atoms with E-state index >= 15 is 0 Å². The zero-order valence-electron chi connectivity index (χ0n) is 32.1. The van der Waals surface area contributed by atoms with Gasteiger partial charge in [0.05, 0.1) is 31.9 Å². The third-order valence-corrected chi connectivity index (χ3v) is 11.7. The van der Waals surface area contributed by atoms with E-state index in [9.17, 15) is 19.5 Å². The Morgan fingerprint density at radius 2 is 1.46 bits per heavy atom. The van der Waals surface area contributed by atoms with Crippen LogP contribution in [0.3, 0.4) is 0 Å². The molecular formula is C47H48N4O6. The van der Waals surface area contributed by atoms with Gasteiger partial charge in [0, 0.05) is 48.1 Å². The number of hydrogen-bond acceptors (Lipinski definition) is 8. The van der Waals surface area contributed by atoms with Crippen LogP contribution in [0.4, 0.5) is 11.4 Å². The molecule has 10 nitrogen and oxygen atoms in total. The highest BCUT2D eigenvalue weighted by molar-refractivity contribution is 5.97. The number of para-hydroxylation sites is 1. The number of hydrogen-bond donors (Lipinski definition) is 3. The zero-order chi connectivity index (χ0) is 39.4. The maximum Gasteiger partial charge on any atom is 0.247 e. The summed E-state index contributed by atoms with van der Waals surface area (Å²) in [7, 11) is 0. The minimum atomic E-state index is -0.694. The molecule has 5 aromatic carbocycles. The molecule has 0 aromatic heterocycles. The lowest BCUT2D eigenvalue weighted by atomic mass is 9.82. The van der Waals surface area contributed by atoms with E-state index in [0.29, 0.717) is 37.3 Å². The predicted molar refractivity (Wildman–Crippen MR) is 219 cm³/mol. The molecule has 57 heavy (non-hydrogen) atoms. The van der Waals surface area contributed by atoms with E-state index in [1.807, 2.05) is 84.9 Å². The van der Waals surface area contributed by atoms with Crippen molar-refractivity contribution in [3.05, 3.63) is 167 Å². The number of rotatable bonds is 11. The van der Waals surface area contributed by atoms with Crippen LogP contribution in [0, 0.1) is 0 Å². The van der Waals surface area contributed by atoms with Gasteiger partial charge in [-0.1, -0.05) is 109 Å². The SMILES string of the molecule is CC(=O)c1cccc(NC(=O)Cc2ccc(C3OC(CN4CCC5(CC4)C(=O)NCN5c4ccccc4)C(c4ccccc4)C(c4ccc(CO)cc4)O3)cc2)c1. The van der Waals surface area contributed by atoms with Crippen LogP contribution in [0.1, 0.15) is 76.3 Å². The number of aliphatic hydroxyl groups is 1. The van der Waals surface area contributed by atoms with Gasteiger partial charge in [-0.15, -0.1) is 0 Å². The van der Waals surface area contributed by atoms with Crippen molar-refractivity contribution in [2.24, 2.45) is 0 Å². The van der Waals surface area contributed by atoms with E-state index in [4.69, 9.17) is 9.47 Å². The Bertz CT molecular complexity index is 2170. The first-order valence-electron chi connectivity index (χ1n) is 19.7. The molecule has 3 aliphatic heterocycles. The highest BCUT2D eigenvalue weighted by Crippen LogP contribution is 2.47. The zero-order valence-corrected chi connectivity index (χ0v) is 32.1. The Morgan fingerprint density at radius 3 is 2.14 bits per heavy atom. The number of ether oxygens (including phenoxy) is 2. The van der Waals surface area contributed by atoms with Crippen molar-refractivity contribution < 1.29 is 29.0 Å². The molecule has 5 aromatic rings. The van der Waals surface area contributed by atoms with Crippen LogP contribution in [-0.2, 0) is 32.1 Å². The molecule has 3 fully saturated rings. The minimum absolute atomic E-state index is 0.0480. The lowest BCUT2D eigenvalue weighted by Crippen LogP contribution is -2.57. The summed E-state index contributed by atoms with van der Waals surface area (Å²) in [4.78, 5) is 42.9. The van der Waals surface area contributed by atoms with Gasteiger partial charge >= 0.3 is 0 Å². The monoisotopic (exact) mass is 764 g/mol. The number of aliphatic hydroxyl groups excluding tert-OH is 1. The standard InChI is InChI=1S/C47H48N4O6/c1-32(53)38-11-8-12-39(28-38)49-42(54)27-33-15-21-37(22-16-33)45-56-41(43(35-9-4-2-5-10-35)44(57-45)36-19-17-34(30-52)18-20-36)29-50-25-23-47(24-26-50)46(55)48-31-51(47)40-13-6-3-7-14-40/h2-22,28,41,43-45,52H,23-27,29-31H2,1H3,(H,48,55)(H,49,54). The van der Waals surface area contributed by atoms with Crippen molar-refractivity contribution >= 4 is 29.0 Å². The van der Waals surface area contributed by atoms with Gasteiger partial charge in [-0.3, -0.25) is 14.4 Å². The number of amides is 2. The summed E-state index contributed by atoms with van der Waals surface area (Å²) >= 11 is 0. The minimum Gasteiger partial charge on any atom is -0.392 e. The second kappa shape index (κ2) is 16.8. The Balaban J connectivity index is 1.04. The summed E-state index contributed by atoms with van der Waals surface area (Å²) in [6.07, 6.45) is 0.206. The number of nitrogens with zero attached hydrogens (tertiary/aromatic N) is 2. The summed E-state index contributed by atoms with van der Waals surface area (Å²) in [5.41, 5.74) is 6.15. The Morgan fingerprint density at radius 1 is 0.789 bits per heavy atom. The predicted octanol–water partition coefficient (Wildman–Crippen LogP) is 6.93. The van der Waals surface area contributed by atoms with Crippen molar-refractivity contribution in [3.63, 3.8) is 0 Å². The first kappa shape index (κ1) is 38.2. The number of anilines is 2. The van der Waals surface area contributed by atoms with Gasteiger partial charge in [0.1, 0.15) is 5.54 Å². The molecule has 292 valence electrons. The largest absolute Gasteiger partial charge is 0.392 e. The van der Waals surface area contributed by atoms with Gasteiger partial charge in [0.15, 0.2) is 12.1 Å². The number of likely N-dealkylation sites (tertiary alicyclic amines) is 1. The lowest BCUT2D eigenvalue weighted by Gasteiger charge is -2.47. The summed E-state index contributed by atoms with van der Waals surface area (Å²) < 4.78 is 13.9. The smallest absolute Gasteiger partial charge is 0.247 e. The summed E-state index contributed by atoms with van der Waals surface area (Å²) in [6.45, 7) is 4.05. The molecule has 0 saturated carbocycles.